The van der Waals surface area contributed by atoms with Crippen LogP contribution in [-0.4, -0.2) is 39.6 Å². The minimum absolute atomic E-state index is 0.0953. The lowest BCUT2D eigenvalue weighted by atomic mass is 10.1. The topological polar surface area (TPSA) is 97.4 Å². The van der Waals surface area contributed by atoms with E-state index in [1.165, 1.54) is 31.4 Å². The highest BCUT2D eigenvalue weighted by molar-refractivity contribution is 7.89. The van der Waals surface area contributed by atoms with Crippen LogP contribution in [0.4, 0.5) is 0 Å². The molecule has 1 unspecified atom stereocenters. The first-order chi connectivity index (χ1) is 11.9. The van der Waals surface area contributed by atoms with Crippen molar-refractivity contribution in [2.24, 2.45) is 0 Å². The van der Waals surface area contributed by atoms with Gasteiger partial charge >= 0.3 is 0 Å². The zero-order valence-electron chi connectivity index (χ0n) is 14.1. The van der Waals surface area contributed by atoms with Gasteiger partial charge in [-0.15, -0.1) is 0 Å². The van der Waals surface area contributed by atoms with Crippen molar-refractivity contribution in [1.29, 1.82) is 0 Å². The Balaban J connectivity index is 2.03. The maximum atomic E-state index is 12.3. The Morgan fingerprint density at radius 1 is 1.20 bits per heavy atom. The molecule has 0 bridgehead atoms. The van der Waals surface area contributed by atoms with Crippen molar-refractivity contribution in [3.8, 4) is 0 Å². The number of hydrogen-bond donors (Lipinski definition) is 2. The minimum Gasteiger partial charge on any atom is -0.383 e. The number of amides is 1. The lowest BCUT2D eigenvalue weighted by Gasteiger charge is -2.13. The Hall–Kier alpha value is -2.29. The molecule has 7 nitrogen and oxygen atoms in total. The smallest absolute Gasteiger partial charge is 0.251 e. The molecule has 0 aliphatic heterocycles. The van der Waals surface area contributed by atoms with E-state index in [4.69, 9.17) is 4.74 Å². The molecule has 2 aromatic rings. The summed E-state index contributed by atoms with van der Waals surface area (Å²) in [7, 11) is -2.12. The number of aromatic nitrogens is 1. The zero-order valence-corrected chi connectivity index (χ0v) is 14.9. The van der Waals surface area contributed by atoms with Gasteiger partial charge < -0.3 is 10.1 Å². The van der Waals surface area contributed by atoms with Crippen LogP contribution in [0.15, 0.2) is 53.6 Å². The van der Waals surface area contributed by atoms with Gasteiger partial charge in [-0.2, -0.15) is 0 Å². The number of nitrogens with one attached hydrogen (secondary N) is 2. The van der Waals surface area contributed by atoms with E-state index in [0.717, 1.165) is 5.69 Å². The fourth-order valence-corrected chi connectivity index (χ4v) is 3.15. The van der Waals surface area contributed by atoms with E-state index >= 15 is 0 Å². The molecule has 0 radical (unpaired) electrons. The molecule has 0 aliphatic rings. The second kappa shape index (κ2) is 8.70. The first kappa shape index (κ1) is 19.0. The van der Waals surface area contributed by atoms with Gasteiger partial charge in [0.15, 0.2) is 0 Å². The van der Waals surface area contributed by atoms with Crippen molar-refractivity contribution in [3.05, 3.63) is 59.9 Å². The maximum absolute atomic E-state index is 12.3. The Labute approximate surface area is 147 Å². The van der Waals surface area contributed by atoms with Gasteiger partial charge in [-0.25, -0.2) is 13.1 Å². The largest absolute Gasteiger partial charge is 0.383 e. The molecule has 25 heavy (non-hydrogen) atoms. The molecule has 1 amide bonds. The normalized spacial score (nSPS) is 12.6. The van der Waals surface area contributed by atoms with Crippen LogP contribution in [0.25, 0.3) is 0 Å². The van der Waals surface area contributed by atoms with Crippen LogP contribution >= 0.6 is 0 Å². The summed E-state index contributed by atoms with van der Waals surface area (Å²) < 4.78 is 31.4. The number of rotatable bonds is 8. The Kier molecular flexibility index (Phi) is 6.63. The fourth-order valence-electron chi connectivity index (χ4n) is 2.13. The number of nitrogens with zero attached hydrogens (tertiary/aromatic N) is 1. The third-order valence-electron chi connectivity index (χ3n) is 3.50. The minimum atomic E-state index is -3.61. The summed E-state index contributed by atoms with van der Waals surface area (Å²) in [5, 5.41) is 2.83. The summed E-state index contributed by atoms with van der Waals surface area (Å²) in [6, 6.07) is 11.0. The van der Waals surface area contributed by atoms with Crippen molar-refractivity contribution in [2.75, 3.05) is 20.3 Å². The highest BCUT2D eigenvalue weighted by Crippen LogP contribution is 2.13. The summed E-state index contributed by atoms with van der Waals surface area (Å²) >= 11 is 0. The van der Waals surface area contributed by atoms with Crippen molar-refractivity contribution in [2.45, 2.75) is 17.9 Å². The molecule has 134 valence electrons. The zero-order chi connectivity index (χ0) is 18.3. The first-order valence-corrected chi connectivity index (χ1v) is 9.23. The Morgan fingerprint density at radius 2 is 1.92 bits per heavy atom. The number of sulfonamides is 1. The first-order valence-electron chi connectivity index (χ1n) is 7.74. The average Bonchev–Trinajstić information content (AvgIpc) is 2.62. The molecule has 0 aliphatic carbocycles. The predicted molar refractivity (Wildman–Crippen MR) is 93.6 cm³/mol. The standard InChI is InChI=1S/C17H21N3O4S/c1-13(16-5-3-4-10-18-16)20-17(21)14-6-8-15(9-7-14)25(22,23)19-11-12-24-2/h3-10,13,19H,11-12H2,1-2H3,(H,20,21). The van der Waals surface area contributed by atoms with E-state index < -0.39 is 10.0 Å². The van der Waals surface area contributed by atoms with E-state index in [-0.39, 0.29) is 30.0 Å². The number of hydrogen-bond acceptors (Lipinski definition) is 5. The van der Waals surface area contributed by atoms with E-state index in [1.807, 2.05) is 19.1 Å². The SMILES string of the molecule is COCCNS(=O)(=O)c1ccc(C(=O)NC(C)c2ccccn2)cc1. The van der Waals surface area contributed by atoms with Gasteiger partial charge in [-0.3, -0.25) is 9.78 Å². The van der Waals surface area contributed by atoms with Gasteiger partial charge in [0.05, 0.1) is 23.2 Å². The summed E-state index contributed by atoms with van der Waals surface area (Å²) in [5.41, 5.74) is 1.12. The molecule has 2 rings (SSSR count). The van der Waals surface area contributed by atoms with Crippen molar-refractivity contribution >= 4 is 15.9 Å². The van der Waals surface area contributed by atoms with Crippen molar-refractivity contribution < 1.29 is 17.9 Å². The van der Waals surface area contributed by atoms with E-state index in [0.29, 0.717) is 5.56 Å². The monoisotopic (exact) mass is 363 g/mol. The third-order valence-corrected chi connectivity index (χ3v) is 4.98. The molecule has 8 heteroatoms. The molecule has 2 N–H and O–H groups in total. The number of carbonyl (C=O) groups is 1. The van der Waals surface area contributed by atoms with Crippen LogP contribution < -0.4 is 10.0 Å². The third kappa shape index (κ3) is 5.35. The Morgan fingerprint density at radius 3 is 2.52 bits per heavy atom. The quantitative estimate of drug-likeness (QED) is 0.693. The molecule has 1 aromatic heterocycles. The van der Waals surface area contributed by atoms with Crippen LogP contribution in [0.3, 0.4) is 0 Å². The highest BCUT2D eigenvalue weighted by Gasteiger charge is 2.16. The van der Waals surface area contributed by atoms with Gasteiger partial charge in [-0.1, -0.05) is 6.07 Å². The highest BCUT2D eigenvalue weighted by atomic mass is 32.2. The second-order valence-electron chi connectivity index (χ2n) is 5.36. The number of ether oxygens (including phenoxy) is 1. The Bertz CT molecular complexity index is 792. The number of carbonyl (C=O) groups excluding carboxylic acids is 1. The fraction of sp³-hybridized carbons (Fsp3) is 0.294. The summed E-state index contributed by atoms with van der Waals surface area (Å²) in [6.07, 6.45) is 1.66. The molecule has 1 heterocycles. The molecule has 1 aromatic carbocycles. The molecule has 1 atom stereocenters. The van der Waals surface area contributed by atoms with Crippen LogP contribution in [0.2, 0.25) is 0 Å². The number of benzene rings is 1. The molecule has 0 saturated heterocycles. The van der Waals surface area contributed by atoms with Crippen LogP contribution in [0.5, 0.6) is 0 Å². The van der Waals surface area contributed by atoms with E-state index in [9.17, 15) is 13.2 Å². The second-order valence-corrected chi connectivity index (χ2v) is 7.13. The lowest BCUT2D eigenvalue weighted by Crippen LogP contribution is -2.28. The van der Waals surface area contributed by atoms with Crippen molar-refractivity contribution in [1.82, 2.24) is 15.0 Å². The molecule has 0 fully saturated rings. The lowest BCUT2D eigenvalue weighted by molar-refractivity contribution is 0.0939. The van der Waals surface area contributed by atoms with Gasteiger partial charge in [0.25, 0.3) is 5.91 Å². The molecular formula is C17H21N3O4S. The van der Waals surface area contributed by atoms with Gasteiger partial charge in [0, 0.05) is 25.4 Å². The summed E-state index contributed by atoms with van der Waals surface area (Å²) in [6.45, 7) is 2.30. The van der Waals surface area contributed by atoms with Crippen LogP contribution in [0, 0.1) is 0 Å². The van der Waals surface area contributed by atoms with Gasteiger partial charge in [0.1, 0.15) is 0 Å². The molecule has 0 spiro atoms. The van der Waals surface area contributed by atoms with Gasteiger partial charge in [-0.05, 0) is 43.3 Å². The molecule has 0 saturated carbocycles. The van der Waals surface area contributed by atoms with E-state index in [1.54, 1.807) is 12.3 Å². The average molecular weight is 363 g/mol. The van der Waals surface area contributed by atoms with Gasteiger partial charge in [0.2, 0.25) is 10.0 Å². The molecular weight excluding hydrogens is 342 g/mol. The number of methoxy groups -OCH3 is 1. The summed E-state index contributed by atoms with van der Waals surface area (Å²) in [5.74, 6) is -0.297. The number of pyridine rings is 1. The summed E-state index contributed by atoms with van der Waals surface area (Å²) in [4.78, 5) is 16.6. The maximum Gasteiger partial charge on any atom is 0.251 e. The predicted octanol–water partition coefficient (Wildman–Crippen LogP) is 1.50. The van der Waals surface area contributed by atoms with Crippen LogP contribution in [0.1, 0.15) is 29.0 Å². The van der Waals surface area contributed by atoms with Crippen LogP contribution in [-0.2, 0) is 14.8 Å². The van der Waals surface area contributed by atoms with Crippen molar-refractivity contribution in [3.63, 3.8) is 0 Å². The van der Waals surface area contributed by atoms with E-state index in [2.05, 4.69) is 15.0 Å².